The Balaban J connectivity index is 1.40. The van der Waals surface area contributed by atoms with Gasteiger partial charge in [0.15, 0.2) is 0 Å². The molecule has 6 nitrogen and oxygen atoms in total. The molecule has 1 saturated heterocycles. The lowest BCUT2D eigenvalue weighted by Crippen LogP contribution is -2.44. The summed E-state index contributed by atoms with van der Waals surface area (Å²) in [5.41, 5.74) is 4.56. The van der Waals surface area contributed by atoms with E-state index >= 15 is 0 Å². The molecule has 34 heavy (non-hydrogen) atoms. The lowest BCUT2D eigenvalue weighted by atomic mass is 9.74. The van der Waals surface area contributed by atoms with Gasteiger partial charge >= 0.3 is 0 Å². The number of halogens is 1. The van der Waals surface area contributed by atoms with Gasteiger partial charge in [-0.2, -0.15) is 5.10 Å². The number of rotatable bonds is 7. The zero-order valence-electron chi connectivity index (χ0n) is 19.6. The van der Waals surface area contributed by atoms with E-state index in [1.807, 2.05) is 41.9 Å². The number of benzene rings is 2. The first kappa shape index (κ1) is 22.9. The van der Waals surface area contributed by atoms with Gasteiger partial charge in [0, 0.05) is 36.1 Å². The number of carbonyl (C=O) groups is 1. The zero-order chi connectivity index (χ0) is 23.7. The van der Waals surface area contributed by atoms with Crippen LogP contribution in [0.1, 0.15) is 58.8 Å². The van der Waals surface area contributed by atoms with Crippen LogP contribution < -0.4 is 10.1 Å². The van der Waals surface area contributed by atoms with E-state index < -0.39 is 0 Å². The van der Waals surface area contributed by atoms with Crippen molar-refractivity contribution < 1.29 is 14.3 Å². The molecular weight excluding hydrogens is 450 g/mol. The highest BCUT2D eigenvalue weighted by Gasteiger charge is 2.37. The smallest absolute Gasteiger partial charge is 0.254 e. The zero-order valence-corrected chi connectivity index (χ0v) is 20.4. The number of hydrogen-bond donors (Lipinski definition) is 1. The minimum atomic E-state index is -0.166. The number of aryl methyl sites for hydroxylation is 1. The summed E-state index contributed by atoms with van der Waals surface area (Å²) in [6.45, 7) is 3.89. The summed E-state index contributed by atoms with van der Waals surface area (Å²) in [5.74, 6) is 1.10. The summed E-state index contributed by atoms with van der Waals surface area (Å²) in [6, 6.07) is 14.1. The second-order valence-electron chi connectivity index (χ2n) is 9.37. The van der Waals surface area contributed by atoms with Gasteiger partial charge in [0.25, 0.3) is 5.91 Å². The highest BCUT2D eigenvalue weighted by atomic mass is 35.5. The molecule has 178 valence electrons. The average Bonchev–Trinajstić information content (AvgIpc) is 3.62. The third-order valence-electron chi connectivity index (χ3n) is 7.15. The van der Waals surface area contributed by atoms with Crippen LogP contribution in [0.2, 0.25) is 5.02 Å². The molecule has 1 aliphatic carbocycles. The van der Waals surface area contributed by atoms with E-state index in [1.165, 1.54) is 5.56 Å². The molecule has 1 aliphatic heterocycles. The maximum atomic E-state index is 13.4. The molecule has 7 heteroatoms. The van der Waals surface area contributed by atoms with Gasteiger partial charge in [-0.3, -0.25) is 4.79 Å². The maximum absolute atomic E-state index is 13.4. The van der Waals surface area contributed by atoms with Crippen LogP contribution in [-0.2, 0) is 10.2 Å². The summed E-state index contributed by atoms with van der Waals surface area (Å²) in [7, 11) is 1.67. The van der Waals surface area contributed by atoms with Crippen LogP contribution in [0.4, 0.5) is 0 Å². The molecule has 2 heterocycles. The van der Waals surface area contributed by atoms with Gasteiger partial charge in [-0.1, -0.05) is 29.8 Å². The Morgan fingerprint density at radius 1 is 1.21 bits per heavy atom. The Morgan fingerprint density at radius 2 is 1.94 bits per heavy atom. The van der Waals surface area contributed by atoms with Gasteiger partial charge in [0.1, 0.15) is 5.75 Å². The van der Waals surface area contributed by atoms with Crippen LogP contribution in [0.5, 0.6) is 5.75 Å². The largest absolute Gasteiger partial charge is 0.497 e. The van der Waals surface area contributed by atoms with Crippen LogP contribution in [0, 0.1) is 6.92 Å². The number of nitrogens with zero attached hydrogens (tertiary/aromatic N) is 2. The lowest BCUT2D eigenvalue weighted by molar-refractivity contribution is 0.0487. The number of methoxy groups -OCH3 is 1. The Kier molecular flexibility index (Phi) is 6.36. The number of carbonyl (C=O) groups excluding carboxylic acids is 1. The molecular formula is C27H30ClN3O3. The fourth-order valence-electron chi connectivity index (χ4n) is 4.82. The van der Waals surface area contributed by atoms with Crippen molar-refractivity contribution >= 4 is 17.5 Å². The highest BCUT2D eigenvalue weighted by molar-refractivity contribution is 6.31. The maximum Gasteiger partial charge on any atom is 0.254 e. The van der Waals surface area contributed by atoms with Crippen LogP contribution in [-0.4, -0.2) is 42.6 Å². The van der Waals surface area contributed by atoms with E-state index in [4.69, 9.17) is 21.1 Å². The molecule has 5 rings (SSSR count). The second kappa shape index (κ2) is 9.43. The molecule has 0 spiro atoms. The van der Waals surface area contributed by atoms with Crippen LogP contribution in [0.3, 0.4) is 0 Å². The monoisotopic (exact) mass is 479 g/mol. The van der Waals surface area contributed by atoms with E-state index in [9.17, 15) is 4.79 Å². The first-order valence-corrected chi connectivity index (χ1v) is 12.2. The molecule has 2 fully saturated rings. The number of hydrogen-bond acceptors (Lipinski definition) is 4. The molecule has 0 bridgehead atoms. The Labute approximate surface area is 205 Å². The molecule has 0 atom stereocenters. The molecule has 3 aromatic rings. The molecule has 1 N–H and O–H groups in total. The van der Waals surface area contributed by atoms with Crippen molar-refractivity contribution in [3.8, 4) is 11.4 Å². The van der Waals surface area contributed by atoms with Crippen molar-refractivity contribution in [1.29, 1.82) is 0 Å². The van der Waals surface area contributed by atoms with Crippen molar-refractivity contribution in [2.24, 2.45) is 0 Å². The predicted molar refractivity (Wildman–Crippen MR) is 132 cm³/mol. The lowest BCUT2D eigenvalue weighted by Gasteiger charge is -2.38. The van der Waals surface area contributed by atoms with E-state index in [0.717, 1.165) is 48.4 Å². The number of aromatic nitrogens is 2. The summed E-state index contributed by atoms with van der Waals surface area (Å²) in [5, 5.41) is 8.53. The summed E-state index contributed by atoms with van der Waals surface area (Å²) < 4.78 is 12.9. The van der Waals surface area contributed by atoms with E-state index in [1.54, 1.807) is 13.3 Å². The molecule has 0 unspecified atom stereocenters. The Hall–Kier alpha value is -2.83. The first-order valence-electron chi connectivity index (χ1n) is 11.9. The molecule has 1 saturated carbocycles. The minimum Gasteiger partial charge on any atom is -0.497 e. The third-order valence-corrected chi connectivity index (χ3v) is 7.56. The van der Waals surface area contributed by atoms with Gasteiger partial charge in [-0.05, 0) is 68.0 Å². The topological polar surface area (TPSA) is 65.4 Å². The van der Waals surface area contributed by atoms with Gasteiger partial charge in [0.2, 0.25) is 0 Å². The molecule has 1 amide bonds. The van der Waals surface area contributed by atoms with Crippen LogP contribution >= 0.6 is 11.6 Å². The van der Waals surface area contributed by atoms with E-state index in [0.29, 0.717) is 36.3 Å². The summed E-state index contributed by atoms with van der Waals surface area (Å²) in [4.78, 5) is 13.4. The van der Waals surface area contributed by atoms with Crippen molar-refractivity contribution in [1.82, 2.24) is 15.1 Å². The first-order chi connectivity index (χ1) is 16.5. The van der Waals surface area contributed by atoms with E-state index in [2.05, 4.69) is 22.5 Å². The van der Waals surface area contributed by atoms with Gasteiger partial charge in [-0.15, -0.1) is 0 Å². The Bertz CT molecular complexity index is 1180. The van der Waals surface area contributed by atoms with Gasteiger partial charge in [-0.25, -0.2) is 4.68 Å². The SMILES string of the molecule is COc1ccc(C2(CNC(=O)c3cnn(-c4ccc(C)c(Cl)c4)c3C3CC3)CCOCC2)cc1. The highest BCUT2D eigenvalue weighted by Crippen LogP contribution is 2.43. The quantitative estimate of drug-likeness (QED) is 0.506. The second-order valence-corrected chi connectivity index (χ2v) is 9.77. The Morgan fingerprint density at radius 3 is 2.59 bits per heavy atom. The van der Waals surface area contributed by atoms with Gasteiger partial charge < -0.3 is 14.8 Å². The third kappa shape index (κ3) is 4.44. The fourth-order valence-corrected chi connectivity index (χ4v) is 5.00. The predicted octanol–water partition coefficient (Wildman–Crippen LogP) is 5.20. The molecule has 1 aromatic heterocycles. The number of nitrogens with one attached hydrogen (secondary N) is 1. The van der Waals surface area contributed by atoms with Crippen molar-refractivity contribution in [2.45, 2.75) is 43.9 Å². The van der Waals surface area contributed by atoms with Crippen molar-refractivity contribution in [3.05, 3.63) is 76.1 Å². The van der Waals surface area contributed by atoms with Gasteiger partial charge in [0.05, 0.1) is 30.3 Å². The fraction of sp³-hybridized carbons (Fsp3) is 0.407. The van der Waals surface area contributed by atoms with Crippen LogP contribution in [0.15, 0.2) is 48.7 Å². The molecule has 2 aliphatic rings. The minimum absolute atomic E-state index is 0.0780. The molecule has 2 aromatic carbocycles. The van der Waals surface area contributed by atoms with Crippen LogP contribution in [0.25, 0.3) is 5.69 Å². The molecule has 0 radical (unpaired) electrons. The average molecular weight is 480 g/mol. The van der Waals surface area contributed by atoms with E-state index in [-0.39, 0.29) is 11.3 Å². The standard InChI is InChI=1S/C27H30ClN3O3/c1-18-3-8-21(15-24(18)28)31-25(19-4-5-19)23(16-30-31)26(32)29-17-27(11-13-34-14-12-27)20-6-9-22(33-2)10-7-20/h3,6-10,15-16,19H,4-5,11-14,17H2,1-2H3,(H,29,32). The van der Waals surface area contributed by atoms with Crippen molar-refractivity contribution in [2.75, 3.05) is 26.9 Å². The number of ether oxygens (including phenoxy) is 2. The summed E-state index contributed by atoms with van der Waals surface area (Å²) in [6.07, 6.45) is 5.55. The number of amides is 1. The van der Waals surface area contributed by atoms with Crippen molar-refractivity contribution in [3.63, 3.8) is 0 Å². The normalized spacial score (nSPS) is 17.4. The summed E-state index contributed by atoms with van der Waals surface area (Å²) >= 11 is 6.37.